The highest BCUT2D eigenvalue weighted by Gasteiger charge is 2.10. The third-order valence-electron chi connectivity index (χ3n) is 1.93. The van der Waals surface area contributed by atoms with Crippen molar-refractivity contribution in [2.75, 3.05) is 0 Å². The number of rotatable bonds is 2. The lowest BCUT2D eigenvalue weighted by atomic mass is 10.2. The molecule has 0 spiro atoms. The number of aromatic nitrogens is 3. The molecule has 0 fully saturated rings. The molecule has 2 aromatic rings. The molecule has 0 aliphatic carbocycles. The molecule has 0 saturated carbocycles. The number of hydrogen-bond donors (Lipinski definition) is 0. The van der Waals surface area contributed by atoms with Crippen LogP contribution < -0.4 is 4.74 Å². The summed E-state index contributed by atoms with van der Waals surface area (Å²) in [5, 5.41) is 6.90. The Labute approximate surface area is 106 Å². The first-order valence-electron chi connectivity index (χ1n) is 4.56. The highest BCUT2D eigenvalue weighted by molar-refractivity contribution is 6.31. The first-order valence-corrected chi connectivity index (χ1v) is 5.31. The summed E-state index contributed by atoms with van der Waals surface area (Å²) < 4.78 is 18.3. The van der Waals surface area contributed by atoms with Crippen LogP contribution in [0.15, 0.2) is 18.2 Å². The SMILES string of the molecule is Cc1cc(F)ccc1Oc1nc(Cl)nnc1Cl. The zero-order valence-corrected chi connectivity index (χ0v) is 10.1. The third-order valence-corrected chi connectivity index (χ3v) is 2.33. The molecular weight excluding hydrogens is 268 g/mol. The van der Waals surface area contributed by atoms with Crippen LogP contribution in [0.2, 0.25) is 10.4 Å². The highest BCUT2D eigenvalue weighted by atomic mass is 35.5. The average molecular weight is 274 g/mol. The Balaban J connectivity index is 2.34. The second kappa shape index (κ2) is 4.81. The number of hydrogen-bond acceptors (Lipinski definition) is 4. The zero-order chi connectivity index (χ0) is 12.4. The molecule has 88 valence electrons. The van der Waals surface area contributed by atoms with Gasteiger partial charge < -0.3 is 4.74 Å². The molecule has 17 heavy (non-hydrogen) atoms. The standard InChI is InChI=1S/C10H6Cl2FN3O/c1-5-4-6(13)2-3-7(5)17-9-8(11)15-16-10(12)14-9/h2-4H,1H3. The molecule has 4 nitrogen and oxygen atoms in total. The van der Waals surface area contributed by atoms with Crippen LogP contribution in [0.5, 0.6) is 11.6 Å². The van der Waals surface area contributed by atoms with Gasteiger partial charge in [-0.25, -0.2) is 4.39 Å². The molecule has 0 N–H and O–H groups in total. The van der Waals surface area contributed by atoms with Crippen molar-refractivity contribution in [1.82, 2.24) is 15.2 Å². The Hall–Kier alpha value is -1.46. The van der Waals surface area contributed by atoms with Crippen LogP contribution in [0.3, 0.4) is 0 Å². The first kappa shape index (κ1) is 12.0. The number of halogens is 3. The van der Waals surface area contributed by atoms with E-state index in [1.807, 2.05) is 0 Å². The van der Waals surface area contributed by atoms with Gasteiger partial charge in [0.2, 0.25) is 10.4 Å². The summed E-state index contributed by atoms with van der Waals surface area (Å²) in [7, 11) is 0. The van der Waals surface area contributed by atoms with Crippen molar-refractivity contribution in [3.8, 4) is 11.6 Å². The molecule has 2 rings (SSSR count). The Morgan fingerprint density at radius 2 is 2.00 bits per heavy atom. The Kier molecular flexibility index (Phi) is 3.40. The van der Waals surface area contributed by atoms with Crippen molar-refractivity contribution in [2.45, 2.75) is 6.92 Å². The molecule has 0 aliphatic heterocycles. The monoisotopic (exact) mass is 273 g/mol. The lowest BCUT2D eigenvalue weighted by molar-refractivity contribution is 0.452. The summed E-state index contributed by atoms with van der Waals surface area (Å²) in [6, 6.07) is 4.07. The van der Waals surface area contributed by atoms with E-state index < -0.39 is 0 Å². The van der Waals surface area contributed by atoms with E-state index in [0.717, 1.165) is 0 Å². The predicted molar refractivity (Wildman–Crippen MR) is 61.1 cm³/mol. The minimum Gasteiger partial charge on any atom is -0.436 e. The molecule has 0 bridgehead atoms. The molecule has 0 unspecified atom stereocenters. The summed E-state index contributed by atoms with van der Waals surface area (Å²) >= 11 is 11.3. The van der Waals surface area contributed by atoms with Gasteiger partial charge in [0.1, 0.15) is 11.6 Å². The molecular formula is C10H6Cl2FN3O. The van der Waals surface area contributed by atoms with Gasteiger partial charge >= 0.3 is 0 Å². The fraction of sp³-hybridized carbons (Fsp3) is 0.100. The van der Waals surface area contributed by atoms with Crippen LogP contribution in [0, 0.1) is 12.7 Å². The number of ether oxygens (including phenoxy) is 1. The predicted octanol–water partition coefficient (Wildman–Crippen LogP) is 3.42. The lowest BCUT2D eigenvalue weighted by Gasteiger charge is -2.07. The number of aryl methyl sites for hydroxylation is 1. The molecule has 0 amide bonds. The Bertz CT molecular complexity index is 565. The molecule has 1 aromatic carbocycles. The van der Waals surface area contributed by atoms with Gasteiger partial charge in [-0.2, -0.15) is 4.98 Å². The summed E-state index contributed by atoms with van der Waals surface area (Å²) in [5.74, 6) is 0.103. The van der Waals surface area contributed by atoms with Crippen LogP contribution in [-0.4, -0.2) is 15.2 Å². The molecule has 0 atom stereocenters. The molecule has 0 aliphatic rings. The number of benzene rings is 1. The van der Waals surface area contributed by atoms with Gasteiger partial charge in [0.25, 0.3) is 5.88 Å². The van der Waals surface area contributed by atoms with Gasteiger partial charge in [-0.3, -0.25) is 0 Å². The van der Waals surface area contributed by atoms with Gasteiger partial charge in [0.05, 0.1) is 0 Å². The molecule has 0 saturated heterocycles. The van der Waals surface area contributed by atoms with E-state index in [2.05, 4.69) is 15.2 Å². The largest absolute Gasteiger partial charge is 0.436 e. The maximum Gasteiger partial charge on any atom is 0.262 e. The molecule has 1 heterocycles. The van der Waals surface area contributed by atoms with E-state index in [0.29, 0.717) is 11.3 Å². The highest BCUT2D eigenvalue weighted by Crippen LogP contribution is 2.28. The maximum atomic E-state index is 12.9. The normalized spacial score (nSPS) is 10.4. The topological polar surface area (TPSA) is 47.9 Å². The summed E-state index contributed by atoms with van der Waals surface area (Å²) in [6.45, 7) is 1.70. The van der Waals surface area contributed by atoms with Gasteiger partial charge in [-0.15, -0.1) is 10.2 Å². The molecule has 0 radical (unpaired) electrons. The van der Waals surface area contributed by atoms with Crippen LogP contribution >= 0.6 is 23.2 Å². The fourth-order valence-corrected chi connectivity index (χ4v) is 1.41. The van der Waals surface area contributed by atoms with Crippen molar-refractivity contribution in [3.05, 3.63) is 40.0 Å². The maximum absolute atomic E-state index is 12.9. The van der Waals surface area contributed by atoms with Crippen molar-refractivity contribution < 1.29 is 9.13 Å². The minimum atomic E-state index is -0.347. The summed E-state index contributed by atoms with van der Waals surface area (Å²) in [5.41, 5.74) is 0.607. The van der Waals surface area contributed by atoms with E-state index >= 15 is 0 Å². The second-order valence-electron chi connectivity index (χ2n) is 3.19. The van der Waals surface area contributed by atoms with Gasteiger partial charge in [0, 0.05) is 0 Å². The lowest BCUT2D eigenvalue weighted by Crippen LogP contribution is -1.96. The van der Waals surface area contributed by atoms with E-state index in [1.165, 1.54) is 18.2 Å². The first-order chi connectivity index (χ1) is 8.06. The van der Waals surface area contributed by atoms with Crippen molar-refractivity contribution in [2.24, 2.45) is 0 Å². The minimum absolute atomic E-state index is 0.0156. The average Bonchev–Trinajstić information content (AvgIpc) is 2.27. The van der Waals surface area contributed by atoms with Gasteiger partial charge in [-0.1, -0.05) is 11.6 Å². The van der Waals surface area contributed by atoms with Crippen molar-refractivity contribution >= 4 is 23.2 Å². The van der Waals surface area contributed by atoms with Gasteiger partial charge in [0.15, 0.2) is 0 Å². The smallest absolute Gasteiger partial charge is 0.262 e. The zero-order valence-electron chi connectivity index (χ0n) is 8.62. The van der Waals surface area contributed by atoms with E-state index in [9.17, 15) is 4.39 Å². The third kappa shape index (κ3) is 2.81. The van der Waals surface area contributed by atoms with Crippen LogP contribution in [0.4, 0.5) is 4.39 Å². The van der Waals surface area contributed by atoms with E-state index in [-0.39, 0.29) is 22.1 Å². The van der Waals surface area contributed by atoms with Gasteiger partial charge in [-0.05, 0) is 42.3 Å². The molecule has 1 aromatic heterocycles. The van der Waals surface area contributed by atoms with Crippen molar-refractivity contribution in [3.63, 3.8) is 0 Å². The van der Waals surface area contributed by atoms with Crippen LogP contribution in [-0.2, 0) is 0 Å². The Morgan fingerprint density at radius 1 is 1.24 bits per heavy atom. The van der Waals surface area contributed by atoms with Crippen LogP contribution in [0.25, 0.3) is 0 Å². The number of nitrogens with zero attached hydrogens (tertiary/aromatic N) is 3. The molecule has 7 heteroatoms. The summed E-state index contributed by atoms with van der Waals surface area (Å²) in [6.07, 6.45) is 0. The van der Waals surface area contributed by atoms with E-state index in [4.69, 9.17) is 27.9 Å². The Morgan fingerprint density at radius 3 is 2.71 bits per heavy atom. The van der Waals surface area contributed by atoms with Crippen molar-refractivity contribution in [1.29, 1.82) is 0 Å². The van der Waals surface area contributed by atoms with Crippen LogP contribution in [0.1, 0.15) is 5.56 Å². The quantitative estimate of drug-likeness (QED) is 0.841. The second-order valence-corrected chi connectivity index (χ2v) is 3.88. The summed E-state index contributed by atoms with van der Waals surface area (Å²) in [4.78, 5) is 3.78. The van der Waals surface area contributed by atoms with E-state index in [1.54, 1.807) is 6.92 Å². The fourth-order valence-electron chi connectivity index (χ4n) is 1.18.